The number of carboxylic acid groups (broad SMARTS) is 1. The van der Waals surface area contributed by atoms with Gasteiger partial charge < -0.3 is 14.7 Å². The van der Waals surface area contributed by atoms with E-state index in [-0.39, 0.29) is 24.9 Å². The Bertz CT molecular complexity index is 446. The predicted molar refractivity (Wildman–Crippen MR) is 68.6 cm³/mol. The first-order valence-electron chi connectivity index (χ1n) is 6.33. The van der Waals surface area contributed by atoms with Gasteiger partial charge in [-0.3, -0.25) is 9.59 Å². The highest BCUT2D eigenvalue weighted by atomic mass is 16.5. The minimum atomic E-state index is -0.943. The number of aliphatic carboxylic acids is 1. The molecule has 0 saturated carbocycles. The summed E-state index contributed by atoms with van der Waals surface area (Å²) in [5, 5.41) is 8.60. The van der Waals surface area contributed by atoms with Crippen molar-refractivity contribution in [1.29, 1.82) is 0 Å². The molecule has 1 atom stereocenters. The molecule has 1 fully saturated rings. The molecule has 2 rings (SSSR count). The molecule has 1 aromatic rings. The van der Waals surface area contributed by atoms with Gasteiger partial charge in [-0.1, -0.05) is 30.3 Å². The number of carbonyl (C=O) groups excluding carboxylic acids is 1. The second-order valence-electron chi connectivity index (χ2n) is 4.50. The molecular formula is C14H17NO4. The monoisotopic (exact) mass is 263 g/mol. The van der Waals surface area contributed by atoms with E-state index in [1.165, 1.54) is 0 Å². The van der Waals surface area contributed by atoms with Crippen molar-refractivity contribution in [3.05, 3.63) is 35.9 Å². The summed E-state index contributed by atoms with van der Waals surface area (Å²) < 4.78 is 5.66. The predicted octanol–water partition coefficient (Wildman–Crippen LogP) is 1.45. The number of rotatable bonds is 4. The molecular weight excluding hydrogens is 246 g/mol. The molecule has 19 heavy (non-hydrogen) atoms. The van der Waals surface area contributed by atoms with Crippen LogP contribution in [0.15, 0.2) is 30.3 Å². The van der Waals surface area contributed by atoms with Crippen LogP contribution in [-0.4, -0.2) is 41.6 Å². The van der Waals surface area contributed by atoms with Gasteiger partial charge in [0.1, 0.15) is 6.10 Å². The zero-order valence-electron chi connectivity index (χ0n) is 10.6. The van der Waals surface area contributed by atoms with Gasteiger partial charge in [-0.2, -0.15) is 0 Å². The molecule has 1 amide bonds. The summed E-state index contributed by atoms with van der Waals surface area (Å²) in [4.78, 5) is 24.0. The Balaban J connectivity index is 1.93. The lowest BCUT2D eigenvalue weighted by molar-refractivity contribution is -0.144. The Labute approximate surface area is 111 Å². The van der Waals surface area contributed by atoms with Gasteiger partial charge in [-0.15, -0.1) is 0 Å². The Morgan fingerprint density at radius 3 is 2.68 bits per heavy atom. The van der Waals surface area contributed by atoms with Crippen LogP contribution in [0.1, 0.15) is 24.5 Å². The van der Waals surface area contributed by atoms with Crippen LogP contribution < -0.4 is 0 Å². The van der Waals surface area contributed by atoms with Crippen molar-refractivity contribution in [2.45, 2.75) is 18.9 Å². The van der Waals surface area contributed by atoms with Crippen LogP contribution in [0.3, 0.4) is 0 Å². The average Bonchev–Trinajstić information content (AvgIpc) is 2.46. The van der Waals surface area contributed by atoms with Crippen LogP contribution in [0.5, 0.6) is 0 Å². The Kier molecular flexibility index (Phi) is 4.52. The lowest BCUT2D eigenvalue weighted by Crippen LogP contribution is -2.42. The molecule has 0 bridgehead atoms. The molecule has 1 saturated heterocycles. The van der Waals surface area contributed by atoms with E-state index in [1.54, 1.807) is 4.90 Å². The zero-order valence-corrected chi connectivity index (χ0v) is 10.6. The van der Waals surface area contributed by atoms with Crippen LogP contribution in [0.2, 0.25) is 0 Å². The summed E-state index contributed by atoms with van der Waals surface area (Å²) in [5.41, 5.74) is 1.04. The van der Waals surface area contributed by atoms with Crippen LogP contribution in [0, 0.1) is 0 Å². The standard InChI is InChI=1S/C14H17NO4/c16-13(6-7-14(17)18)15-8-9-19-12(10-15)11-4-2-1-3-5-11/h1-5,12H,6-10H2,(H,17,18)/t12-/m0/s1. The number of carbonyl (C=O) groups is 2. The molecule has 1 aromatic carbocycles. The SMILES string of the molecule is O=C(O)CCC(=O)N1CCO[C@H](c2ccccc2)C1. The average molecular weight is 263 g/mol. The molecule has 5 nitrogen and oxygen atoms in total. The number of morpholine rings is 1. The maximum absolute atomic E-state index is 11.9. The molecule has 0 spiro atoms. The fraction of sp³-hybridized carbons (Fsp3) is 0.429. The highest BCUT2D eigenvalue weighted by molar-refractivity contribution is 5.80. The summed E-state index contributed by atoms with van der Waals surface area (Å²) in [6, 6.07) is 9.74. The lowest BCUT2D eigenvalue weighted by atomic mass is 10.1. The summed E-state index contributed by atoms with van der Waals surface area (Å²) >= 11 is 0. The van der Waals surface area contributed by atoms with Gasteiger partial charge in [0.25, 0.3) is 0 Å². The van der Waals surface area contributed by atoms with Gasteiger partial charge in [0.15, 0.2) is 0 Å². The van der Waals surface area contributed by atoms with Crippen molar-refractivity contribution < 1.29 is 19.4 Å². The topological polar surface area (TPSA) is 66.8 Å². The molecule has 1 N–H and O–H groups in total. The van der Waals surface area contributed by atoms with Crippen molar-refractivity contribution in [2.24, 2.45) is 0 Å². The first-order valence-corrected chi connectivity index (χ1v) is 6.33. The Morgan fingerprint density at radius 2 is 2.00 bits per heavy atom. The highest BCUT2D eigenvalue weighted by Crippen LogP contribution is 2.22. The van der Waals surface area contributed by atoms with Crippen molar-refractivity contribution in [2.75, 3.05) is 19.7 Å². The molecule has 102 valence electrons. The van der Waals surface area contributed by atoms with Crippen LogP contribution >= 0.6 is 0 Å². The molecule has 0 radical (unpaired) electrons. The third-order valence-electron chi connectivity index (χ3n) is 3.14. The summed E-state index contributed by atoms with van der Waals surface area (Å²) in [6.07, 6.45) is -0.188. The van der Waals surface area contributed by atoms with E-state index in [4.69, 9.17) is 9.84 Å². The smallest absolute Gasteiger partial charge is 0.303 e. The maximum atomic E-state index is 11.9. The Morgan fingerprint density at radius 1 is 1.26 bits per heavy atom. The molecule has 0 unspecified atom stereocenters. The summed E-state index contributed by atoms with van der Waals surface area (Å²) in [5.74, 6) is -1.06. The largest absolute Gasteiger partial charge is 0.481 e. The molecule has 1 heterocycles. The number of carboxylic acids is 1. The number of benzene rings is 1. The third-order valence-corrected chi connectivity index (χ3v) is 3.14. The fourth-order valence-electron chi connectivity index (χ4n) is 2.12. The quantitative estimate of drug-likeness (QED) is 0.892. The van der Waals surface area contributed by atoms with Gasteiger partial charge in [0.2, 0.25) is 5.91 Å². The minimum absolute atomic E-state index is 0.0524. The summed E-state index contributed by atoms with van der Waals surface area (Å²) in [6.45, 7) is 1.50. The number of amides is 1. The molecule has 1 aliphatic heterocycles. The second-order valence-corrected chi connectivity index (χ2v) is 4.50. The van der Waals surface area contributed by atoms with Gasteiger partial charge in [0, 0.05) is 13.0 Å². The van der Waals surface area contributed by atoms with Crippen LogP contribution in [-0.2, 0) is 14.3 Å². The van der Waals surface area contributed by atoms with Gasteiger partial charge in [-0.25, -0.2) is 0 Å². The van der Waals surface area contributed by atoms with E-state index in [0.29, 0.717) is 19.7 Å². The van der Waals surface area contributed by atoms with Crippen molar-refractivity contribution >= 4 is 11.9 Å². The maximum Gasteiger partial charge on any atom is 0.303 e. The van der Waals surface area contributed by atoms with E-state index >= 15 is 0 Å². The molecule has 0 aromatic heterocycles. The minimum Gasteiger partial charge on any atom is -0.481 e. The van der Waals surface area contributed by atoms with Crippen molar-refractivity contribution in [3.8, 4) is 0 Å². The van der Waals surface area contributed by atoms with Gasteiger partial charge in [0.05, 0.1) is 19.6 Å². The third kappa shape index (κ3) is 3.79. The number of hydrogen-bond acceptors (Lipinski definition) is 3. The second kappa shape index (κ2) is 6.33. The van der Waals surface area contributed by atoms with Crippen molar-refractivity contribution in [1.82, 2.24) is 4.90 Å². The molecule has 1 aliphatic rings. The lowest BCUT2D eigenvalue weighted by Gasteiger charge is -2.33. The number of ether oxygens (including phenoxy) is 1. The van der Waals surface area contributed by atoms with Gasteiger partial charge in [-0.05, 0) is 5.56 Å². The first kappa shape index (κ1) is 13.5. The summed E-state index contributed by atoms with van der Waals surface area (Å²) in [7, 11) is 0. The van der Waals surface area contributed by atoms with Crippen LogP contribution in [0.4, 0.5) is 0 Å². The van der Waals surface area contributed by atoms with Crippen molar-refractivity contribution in [3.63, 3.8) is 0 Å². The molecule has 5 heteroatoms. The van der Waals surface area contributed by atoms with E-state index in [2.05, 4.69) is 0 Å². The van der Waals surface area contributed by atoms with Crippen LogP contribution in [0.25, 0.3) is 0 Å². The molecule has 0 aliphatic carbocycles. The fourth-order valence-corrected chi connectivity index (χ4v) is 2.12. The zero-order chi connectivity index (χ0) is 13.7. The van der Waals surface area contributed by atoms with E-state index in [1.807, 2.05) is 30.3 Å². The van der Waals surface area contributed by atoms with E-state index in [0.717, 1.165) is 5.56 Å². The number of nitrogens with zero attached hydrogens (tertiary/aromatic N) is 1. The number of hydrogen-bond donors (Lipinski definition) is 1. The first-order chi connectivity index (χ1) is 9.16. The van der Waals surface area contributed by atoms with Gasteiger partial charge >= 0.3 is 5.97 Å². The highest BCUT2D eigenvalue weighted by Gasteiger charge is 2.25. The Hall–Kier alpha value is -1.88. The normalized spacial score (nSPS) is 19.2. The van der Waals surface area contributed by atoms with E-state index < -0.39 is 5.97 Å². The van der Waals surface area contributed by atoms with E-state index in [9.17, 15) is 9.59 Å².